The van der Waals surface area contributed by atoms with E-state index in [9.17, 15) is 14.4 Å². The summed E-state index contributed by atoms with van der Waals surface area (Å²) in [7, 11) is 0. The maximum Gasteiger partial charge on any atom is 0.286 e. The summed E-state index contributed by atoms with van der Waals surface area (Å²) in [6.07, 6.45) is 27.1. The minimum atomic E-state index is -0.163. The molecule has 15 nitrogen and oxygen atoms in total. The summed E-state index contributed by atoms with van der Waals surface area (Å²) in [6.45, 7) is 8.19. The molecule has 6 aromatic heterocycles. The lowest BCUT2D eigenvalue weighted by Crippen LogP contribution is -2.54. The van der Waals surface area contributed by atoms with Crippen LogP contribution in [0.2, 0.25) is 30.1 Å². The van der Waals surface area contributed by atoms with Crippen LogP contribution in [0.4, 0.5) is 0 Å². The largest absolute Gasteiger partial charge is 0.450 e. The first-order valence-electron chi connectivity index (χ1n) is 35.3. The Morgan fingerprint density at radius 1 is 0.534 bits per heavy atom. The number of allylic oxidation sites excluding steroid dienone is 3. The van der Waals surface area contributed by atoms with Crippen molar-refractivity contribution in [2.45, 2.75) is 167 Å². The molecule has 3 N–H and O–H groups in total. The van der Waals surface area contributed by atoms with Gasteiger partial charge in [-0.15, -0.1) is 11.3 Å². The van der Waals surface area contributed by atoms with E-state index in [1.807, 2.05) is 56.8 Å². The summed E-state index contributed by atoms with van der Waals surface area (Å²) < 4.78 is 14.0. The zero-order chi connectivity index (χ0) is 72.2. The van der Waals surface area contributed by atoms with Gasteiger partial charge in [0.25, 0.3) is 17.7 Å². The molecule has 15 rings (SSSR count). The molecule has 2 saturated heterocycles. The van der Waals surface area contributed by atoms with Crippen LogP contribution in [-0.2, 0) is 19.3 Å². The molecule has 3 aromatic carbocycles. The van der Waals surface area contributed by atoms with Crippen LogP contribution in [-0.4, -0.2) is 88.3 Å². The topological polar surface area (TPSA) is 160 Å². The van der Waals surface area contributed by atoms with Gasteiger partial charge in [0.05, 0.1) is 49.2 Å². The van der Waals surface area contributed by atoms with E-state index in [2.05, 4.69) is 118 Å². The third-order valence-electron chi connectivity index (χ3n) is 20.1. The summed E-state index contributed by atoms with van der Waals surface area (Å²) >= 11 is 52.3. The van der Waals surface area contributed by atoms with Crippen molar-refractivity contribution in [3.8, 4) is 17.1 Å². The van der Waals surface area contributed by atoms with E-state index >= 15 is 0 Å². The molecule has 2 aliphatic heterocycles. The Morgan fingerprint density at radius 3 is 1.49 bits per heavy atom. The second-order valence-corrected chi connectivity index (χ2v) is 33.9. The van der Waals surface area contributed by atoms with Gasteiger partial charge in [0.2, 0.25) is 0 Å². The maximum atomic E-state index is 13.6. The van der Waals surface area contributed by atoms with Gasteiger partial charge in [-0.2, -0.15) is 26.6 Å². The second kappa shape index (κ2) is 34.3. The summed E-state index contributed by atoms with van der Waals surface area (Å²) in [5.74, 6) is 0.820. The number of amides is 3. The highest BCUT2D eigenvalue weighted by Gasteiger charge is 2.36. The number of benzene rings is 3. The van der Waals surface area contributed by atoms with E-state index in [0.29, 0.717) is 74.9 Å². The summed E-state index contributed by atoms with van der Waals surface area (Å²) in [4.78, 5) is 41.6. The van der Waals surface area contributed by atoms with Crippen molar-refractivity contribution in [2.24, 2.45) is 5.92 Å². The smallest absolute Gasteiger partial charge is 0.286 e. The van der Waals surface area contributed by atoms with Crippen molar-refractivity contribution < 1.29 is 18.8 Å². The predicted octanol–water partition coefficient (Wildman–Crippen LogP) is 22.9. The average Bonchev–Trinajstić information content (AvgIpc) is 1.62. The Bertz CT molecular complexity index is 4720. The molecule has 3 fully saturated rings. The molecule has 0 bridgehead atoms. The van der Waals surface area contributed by atoms with Crippen molar-refractivity contribution >= 4 is 193 Å². The molecule has 0 radical (unpaired) electrons. The monoisotopic (exact) mass is 1730 g/mol. The number of hydrogen-bond donors (Lipinski definition) is 3. The lowest BCUT2D eigenvalue weighted by atomic mass is 9.84. The fourth-order valence-corrected chi connectivity index (χ4v) is 19.6. The van der Waals surface area contributed by atoms with Crippen LogP contribution >= 0.6 is 140 Å². The number of aromatic nitrogens is 6. The lowest BCUT2D eigenvalue weighted by Gasteiger charge is -2.38. The van der Waals surface area contributed by atoms with Crippen molar-refractivity contribution in [2.75, 3.05) is 13.1 Å². The highest BCUT2D eigenvalue weighted by Crippen LogP contribution is 2.43. The zero-order valence-electron chi connectivity index (χ0n) is 57.2. The highest BCUT2D eigenvalue weighted by molar-refractivity contribution is 9.11. The highest BCUT2D eigenvalue weighted by atomic mass is 79.9. The standard InChI is InChI=1S/C27H28BrCl2N3O2.C26H27BrCl2N4OS.C24H23BrCl2N4OS/c1-16(17-6-3-2-4-7-17)31-27(34)25-21-9-5-8-18(14-20-11-13-24(28)35-20)26(21)33(32-25)23-12-10-19(29)15-22(23)30;1-15-5-3-6-16(2)32(15)31-26(34)24-19-8-4-7-17(13-23-20(27)11-12-35-23)25(19)33(30-24)22-10-9-18(28)14-21(22)29;25-19-14-33-13-16(19)11-15-5-4-6-18-22(24(32)29-30-9-2-1-3-10-30)28-31(23(15)18)21-8-7-17(26)12-20(21)27/h10-17H,2-9H2,1H3,(H,31,34);9-16H,3-8H2,1-2H3,(H,31,34);7-8,11-14H,1-6,9-10H2,(H,29,32)/b18-14+;17-13+;15-11+/t16-;;/m1../s1. The molecule has 6 aliphatic rings. The first kappa shape index (κ1) is 75.9. The third-order valence-corrected chi connectivity index (χ3v) is 25.7. The summed E-state index contributed by atoms with van der Waals surface area (Å²) in [5.41, 5.74) is 20.0. The molecular formula is C77H78Br3Cl6N11O4S2. The van der Waals surface area contributed by atoms with Crippen LogP contribution < -0.4 is 16.2 Å². The van der Waals surface area contributed by atoms with Gasteiger partial charge < -0.3 is 9.73 Å². The number of carbonyl (C=O) groups is 3. The third kappa shape index (κ3) is 17.5. The Kier molecular flexibility index (Phi) is 25.3. The molecule has 540 valence electrons. The van der Waals surface area contributed by atoms with Crippen molar-refractivity contribution in [1.29, 1.82) is 0 Å². The zero-order valence-corrected chi connectivity index (χ0v) is 68.1. The number of rotatable bonds is 13. The quantitative estimate of drug-likeness (QED) is 0.102. The van der Waals surface area contributed by atoms with Gasteiger partial charge in [0, 0.05) is 82.2 Å². The van der Waals surface area contributed by atoms with Crippen LogP contribution in [0.5, 0.6) is 0 Å². The number of furan rings is 1. The fraction of sp³-hybridized carbons (Fsp3) is 0.377. The number of halogens is 9. The van der Waals surface area contributed by atoms with Crippen LogP contribution in [0, 0.1) is 5.92 Å². The molecular weight excluding hydrogens is 1660 g/mol. The molecule has 8 heterocycles. The van der Waals surface area contributed by atoms with Crippen LogP contribution in [0.1, 0.15) is 211 Å². The average molecular weight is 1740 g/mol. The molecule has 103 heavy (non-hydrogen) atoms. The van der Waals surface area contributed by atoms with Crippen molar-refractivity contribution in [3.63, 3.8) is 0 Å². The van der Waals surface area contributed by atoms with E-state index in [4.69, 9.17) is 89.3 Å². The van der Waals surface area contributed by atoms with E-state index < -0.39 is 0 Å². The normalized spacial score (nSPS) is 19.4. The number of hydrogen-bond acceptors (Lipinski definition) is 11. The summed E-state index contributed by atoms with van der Waals surface area (Å²) in [6, 6.07) is 22.6. The lowest BCUT2D eigenvalue weighted by molar-refractivity contribution is 0.0365. The number of thiophene rings is 2. The molecule has 0 spiro atoms. The predicted molar refractivity (Wildman–Crippen MR) is 432 cm³/mol. The van der Waals surface area contributed by atoms with Gasteiger partial charge in [-0.05, 0) is 295 Å². The van der Waals surface area contributed by atoms with Crippen molar-refractivity contribution in [3.05, 3.63) is 200 Å². The number of fused-ring (bicyclic) bond motifs is 3. The number of nitrogens with one attached hydrogen (secondary N) is 3. The molecule has 3 atom stereocenters. The Labute approximate surface area is 664 Å². The molecule has 4 aliphatic carbocycles. The fourth-order valence-electron chi connectivity index (χ4n) is 15.0. The molecule has 26 heteroatoms. The van der Waals surface area contributed by atoms with Gasteiger partial charge in [-0.1, -0.05) is 102 Å². The number of nitrogens with zero attached hydrogens (tertiary/aromatic N) is 8. The van der Waals surface area contributed by atoms with E-state index in [1.165, 1.54) is 44.9 Å². The molecule has 9 aromatic rings. The number of carbonyl (C=O) groups excluding carboxylic acids is 3. The van der Waals surface area contributed by atoms with E-state index in [1.54, 1.807) is 63.8 Å². The Balaban J connectivity index is 0.000000138. The maximum absolute atomic E-state index is 13.6. The Morgan fingerprint density at radius 2 is 1.02 bits per heavy atom. The van der Waals surface area contributed by atoms with Crippen LogP contribution in [0.3, 0.4) is 0 Å². The van der Waals surface area contributed by atoms with Crippen LogP contribution in [0.25, 0.3) is 52.0 Å². The first-order chi connectivity index (χ1) is 49.7. The minimum Gasteiger partial charge on any atom is -0.450 e. The van der Waals surface area contributed by atoms with Gasteiger partial charge in [0.1, 0.15) is 5.76 Å². The second-order valence-electron chi connectivity index (χ2n) is 27.2. The van der Waals surface area contributed by atoms with Gasteiger partial charge in [-0.25, -0.2) is 24.1 Å². The molecule has 2 unspecified atom stereocenters. The Hall–Kier alpha value is -5.30. The van der Waals surface area contributed by atoms with Crippen molar-refractivity contribution in [1.82, 2.24) is 55.5 Å². The minimum absolute atomic E-state index is 0.113. The van der Waals surface area contributed by atoms with Crippen LogP contribution in [0.15, 0.2) is 107 Å². The number of hydrazine groups is 2. The summed E-state index contributed by atoms with van der Waals surface area (Å²) in [5, 5.41) is 31.3. The first-order valence-corrected chi connectivity index (χ1v) is 41.7. The van der Waals surface area contributed by atoms with E-state index in [-0.39, 0.29) is 35.8 Å². The van der Waals surface area contributed by atoms with E-state index in [0.717, 1.165) is 172 Å². The van der Waals surface area contributed by atoms with Gasteiger partial charge in [0.15, 0.2) is 21.8 Å². The molecule has 1 saturated carbocycles. The molecule has 3 amide bonds. The van der Waals surface area contributed by atoms with Gasteiger partial charge in [-0.3, -0.25) is 25.2 Å². The SMILES string of the molecule is CC1CCCC(C)N1NC(=O)c1nn(-c2ccc(Cl)cc2Cl)c2c1CCC/C2=C\c1sccc1Br.C[C@@H](NC(=O)c1nn(-c2ccc(Cl)cc2Cl)c2c1CCC/C2=C\c1ccc(Br)o1)C1CCCCC1.O=C(NN1CCCCC1)c1nn(-c2ccc(Cl)cc2Cl)c2c1CCC/C2=C\c1cscc1Br. The van der Waals surface area contributed by atoms with Gasteiger partial charge >= 0.3 is 0 Å². The number of piperidine rings is 2.